The quantitative estimate of drug-likeness (QED) is 0.744. The van der Waals surface area contributed by atoms with Crippen molar-refractivity contribution in [2.45, 2.75) is 26.3 Å². The minimum Gasteiger partial charge on any atom is -0.475 e. The van der Waals surface area contributed by atoms with E-state index in [0.29, 0.717) is 0 Å². The van der Waals surface area contributed by atoms with Crippen LogP contribution in [0, 0.1) is 5.92 Å². The Kier molecular flexibility index (Phi) is 3.19. The summed E-state index contributed by atoms with van der Waals surface area (Å²) >= 11 is 0. The first-order chi connectivity index (χ1) is 6.56. The molecule has 78 valence electrons. The monoisotopic (exact) mass is 199 g/mol. The van der Waals surface area contributed by atoms with Crippen molar-refractivity contribution in [3.05, 3.63) is 11.7 Å². The number of carbonyl (C=O) groups is 1. The average molecular weight is 199 g/mol. The predicted molar refractivity (Wildman–Crippen MR) is 47.6 cm³/mol. The number of aromatic carboxylic acids is 1. The standard InChI is InChI=1S/C8H13N3O3/c1-3-4(2)5(9)7-10-6(8(12)13)11-14-7/h4-5H,3,9H2,1-2H3,(H,12,13). The van der Waals surface area contributed by atoms with E-state index in [1.807, 2.05) is 13.8 Å². The zero-order chi connectivity index (χ0) is 10.7. The molecule has 0 aliphatic rings. The van der Waals surface area contributed by atoms with Gasteiger partial charge in [0.15, 0.2) is 0 Å². The number of carboxylic acid groups (broad SMARTS) is 1. The lowest BCUT2D eigenvalue weighted by Crippen LogP contribution is -2.19. The van der Waals surface area contributed by atoms with Crippen LogP contribution >= 0.6 is 0 Å². The van der Waals surface area contributed by atoms with Crippen molar-refractivity contribution in [3.8, 4) is 0 Å². The Balaban J connectivity index is 2.81. The second kappa shape index (κ2) is 4.19. The number of rotatable bonds is 4. The predicted octanol–water partition coefficient (Wildman–Crippen LogP) is 0.814. The van der Waals surface area contributed by atoms with Crippen LogP contribution in [-0.2, 0) is 0 Å². The number of carboxylic acids is 1. The molecule has 0 aliphatic heterocycles. The Morgan fingerprint density at radius 3 is 2.79 bits per heavy atom. The van der Waals surface area contributed by atoms with E-state index in [0.717, 1.165) is 6.42 Å². The van der Waals surface area contributed by atoms with E-state index in [9.17, 15) is 4.79 Å². The second-order valence-electron chi connectivity index (χ2n) is 3.17. The summed E-state index contributed by atoms with van der Waals surface area (Å²) in [5.41, 5.74) is 5.77. The molecule has 6 nitrogen and oxygen atoms in total. The maximum Gasteiger partial charge on any atom is 0.377 e. The summed E-state index contributed by atoms with van der Waals surface area (Å²) in [6, 6.07) is -0.402. The molecule has 2 atom stereocenters. The highest BCUT2D eigenvalue weighted by Crippen LogP contribution is 2.19. The van der Waals surface area contributed by atoms with Gasteiger partial charge in [-0.2, -0.15) is 4.98 Å². The van der Waals surface area contributed by atoms with Crippen LogP contribution in [0.4, 0.5) is 0 Å². The van der Waals surface area contributed by atoms with Gasteiger partial charge in [0, 0.05) is 0 Å². The van der Waals surface area contributed by atoms with Crippen LogP contribution in [0.25, 0.3) is 0 Å². The third-order valence-corrected chi connectivity index (χ3v) is 2.18. The molecule has 1 rings (SSSR count). The highest BCUT2D eigenvalue weighted by Gasteiger charge is 2.21. The van der Waals surface area contributed by atoms with Gasteiger partial charge in [0.05, 0.1) is 6.04 Å². The fourth-order valence-corrected chi connectivity index (χ4v) is 0.955. The van der Waals surface area contributed by atoms with Crippen LogP contribution < -0.4 is 5.73 Å². The van der Waals surface area contributed by atoms with E-state index in [2.05, 4.69) is 10.1 Å². The van der Waals surface area contributed by atoms with Crippen molar-refractivity contribution < 1.29 is 14.4 Å². The Morgan fingerprint density at radius 1 is 1.71 bits per heavy atom. The number of hydrogen-bond donors (Lipinski definition) is 2. The van der Waals surface area contributed by atoms with Crippen LogP contribution in [0.1, 0.15) is 42.8 Å². The zero-order valence-corrected chi connectivity index (χ0v) is 8.10. The third kappa shape index (κ3) is 2.08. The molecule has 0 fully saturated rings. The second-order valence-corrected chi connectivity index (χ2v) is 3.17. The summed E-state index contributed by atoms with van der Waals surface area (Å²) in [7, 11) is 0. The van der Waals surface area contributed by atoms with E-state index in [1.54, 1.807) is 0 Å². The van der Waals surface area contributed by atoms with Crippen molar-refractivity contribution in [2.24, 2.45) is 11.7 Å². The molecule has 0 saturated heterocycles. The molecule has 3 N–H and O–H groups in total. The average Bonchev–Trinajstić information content (AvgIpc) is 2.64. The van der Waals surface area contributed by atoms with Gasteiger partial charge in [0.25, 0.3) is 5.82 Å². The van der Waals surface area contributed by atoms with Crippen molar-refractivity contribution in [1.82, 2.24) is 10.1 Å². The van der Waals surface area contributed by atoms with E-state index in [1.165, 1.54) is 0 Å². The lowest BCUT2D eigenvalue weighted by molar-refractivity contribution is 0.0680. The summed E-state index contributed by atoms with van der Waals surface area (Å²) in [5, 5.41) is 11.8. The third-order valence-electron chi connectivity index (χ3n) is 2.18. The van der Waals surface area contributed by atoms with Gasteiger partial charge in [-0.1, -0.05) is 20.3 Å². The van der Waals surface area contributed by atoms with E-state index in [-0.39, 0.29) is 17.6 Å². The summed E-state index contributed by atoms with van der Waals surface area (Å²) in [5.74, 6) is -1.20. The molecule has 2 unspecified atom stereocenters. The highest BCUT2D eigenvalue weighted by molar-refractivity contribution is 5.82. The Morgan fingerprint density at radius 2 is 2.36 bits per heavy atom. The zero-order valence-electron chi connectivity index (χ0n) is 8.10. The first kappa shape index (κ1) is 10.6. The summed E-state index contributed by atoms with van der Waals surface area (Å²) in [6.07, 6.45) is 0.867. The van der Waals surface area contributed by atoms with Gasteiger partial charge in [0.2, 0.25) is 5.89 Å². The molecule has 0 saturated carbocycles. The number of hydrogen-bond acceptors (Lipinski definition) is 5. The van der Waals surface area contributed by atoms with E-state index < -0.39 is 12.0 Å². The van der Waals surface area contributed by atoms with Crippen molar-refractivity contribution in [1.29, 1.82) is 0 Å². The van der Waals surface area contributed by atoms with Crippen LogP contribution in [0.2, 0.25) is 0 Å². The molecule has 0 spiro atoms. The Hall–Kier alpha value is -1.43. The molecule has 1 aromatic rings. The van der Waals surface area contributed by atoms with Crippen molar-refractivity contribution in [2.75, 3.05) is 0 Å². The minimum atomic E-state index is -1.21. The number of nitrogens with two attached hydrogens (primary N) is 1. The molecule has 1 heterocycles. The molecule has 0 radical (unpaired) electrons. The van der Waals surface area contributed by atoms with E-state index in [4.69, 9.17) is 15.4 Å². The fourth-order valence-electron chi connectivity index (χ4n) is 0.955. The van der Waals surface area contributed by atoms with Gasteiger partial charge in [-0.25, -0.2) is 4.79 Å². The number of aromatic nitrogens is 2. The van der Waals surface area contributed by atoms with Crippen LogP contribution in [0.3, 0.4) is 0 Å². The highest BCUT2D eigenvalue weighted by atomic mass is 16.5. The molecule has 0 amide bonds. The van der Waals surface area contributed by atoms with Gasteiger partial charge >= 0.3 is 5.97 Å². The topological polar surface area (TPSA) is 102 Å². The van der Waals surface area contributed by atoms with Crippen LogP contribution in [0.15, 0.2) is 4.52 Å². The molecule has 0 aliphatic carbocycles. The largest absolute Gasteiger partial charge is 0.475 e. The lowest BCUT2D eigenvalue weighted by atomic mass is 10.0. The summed E-state index contributed by atoms with van der Waals surface area (Å²) in [4.78, 5) is 14.1. The Labute approximate surface area is 81.1 Å². The summed E-state index contributed by atoms with van der Waals surface area (Å²) < 4.78 is 4.74. The van der Waals surface area contributed by atoms with Gasteiger partial charge in [-0.3, -0.25) is 0 Å². The van der Waals surface area contributed by atoms with E-state index >= 15 is 0 Å². The summed E-state index contributed by atoms with van der Waals surface area (Å²) in [6.45, 7) is 3.92. The van der Waals surface area contributed by atoms with Gasteiger partial charge in [0.1, 0.15) is 0 Å². The molecular weight excluding hydrogens is 186 g/mol. The SMILES string of the molecule is CCC(C)C(N)c1nc(C(=O)O)no1. The first-order valence-corrected chi connectivity index (χ1v) is 4.38. The van der Waals surface area contributed by atoms with Crippen molar-refractivity contribution >= 4 is 5.97 Å². The van der Waals surface area contributed by atoms with Gasteiger partial charge in [-0.05, 0) is 11.1 Å². The van der Waals surface area contributed by atoms with Crippen molar-refractivity contribution in [3.63, 3.8) is 0 Å². The van der Waals surface area contributed by atoms with Crippen LogP contribution in [-0.4, -0.2) is 21.2 Å². The van der Waals surface area contributed by atoms with Crippen LogP contribution in [0.5, 0.6) is 0 Å². The van der Waals surface area contributed by atoms with Gasteiger partial charge < -0.3 is 15.4 Å². The van der Waals surface area contributed by atoms with Gasteiger partial charge in [-0.15, -0.1) is 0 Å². The lowest BCUT2D eigenvalue weighted by Gasteiger charge is -2.12. The first-order valence-electron chi connectivity index (χ1n) is 4.38. The molecule has 14 heavy (non-hydrogen) atoms. The molecule has 1 aromatic heterocycles. The smallest absolute Gasteiger partial charge is 0.377 e. The maximum absolute atomic E-state index is 10.5. The normalized spacial score (nSPS) is 15.1. The maximum atomic E-state index is 10.5. The number of nitrogens with zero attached hydrogens (tertiary/aromatic N) is 2. The molecule has 6 heteroatoms. The molecule has 0 aromatic carbocycles. The minimum absolute atomic E-state index is 0.178. The molecular formula is C8H13N3O3. The fraction of sp³-hybridized carbons (Fsp3) is 0.625. The molecule has 0 bridgehead atoms. The Bertz CT molecular complexity index is 323.